The topological polar surface area (TPSA) is 66.3 Å². The summed E-state index contributed by atoms with van der Waals surface area (Å²) in [7, 11) is 1.98. The Hall–Kier alpha value is -1.59. The lowest BCUT2D eigenvalue weighted by atomic mass is 9.53. The van der Waals surface area contributed by atoms with E-state index >= 15 is 0 Å². The van der Waals surface area contributed by atoms with Gasteiger partial charge in [0, 0.05) is 37.1 Å². The highest BCUT2D eigenvalue weighted by atomic mass is 16.5. The van der Waals surface area contributed by atoms with Crippen LogP contribution >= 0.6 is 0 Å². The minimum atomic E-state index is -0.510. The molecule has 0 spiro atoms. The number of aryl methyl sites for hydroxylation is 1. The summed E-state index contributed by atoms with van der Waals surface area (Å²) >= 11 is 0. The molecule has 1 aromatic heterocycles. The Bertz CT molecular complexity index is 626. The Morgan fingerprint density at radius 2 is 1.92 bits per heavy atom. The molecular weight excluding hydrogens is 302 g/mol. The zero-order valence-corrected chi connectivity index (χ0v) is 14.3. The van der Waals surface area contributed by atoms with Crippen LogP contribution in [0.2, 0.25) is 0 Å². The molecule has 4 saturated carbocycles. The van der Waals surface area contributed by atoms with Crippen LogP contribution in [0.15, 0.2) is 18.3 Å². The fourth-order valence-corrected chi connectivity index (χ4v) is 5.73. The average molecular weight is 329 g/mol. The van der Waals surface area contributed by atoms with E-state index in [9.17, 15) is 4.79 Å². The molecule has 24 heavy (non-hydrogen) atoms. The number of hydrogen-bond acceptors (Lipinski definition) is 3. The first kappa shape index (κ1) is 15.9. The summed E-state index contributed by atoms with van der Waals surface area (Å²) < 4.78 is 2.01. The summed E-state index contributed by atoms with van der Waals surface area (Å²) in [5.74, 6) is 2.35. The van der Waals surface area contributed by atoms with E-state index in [0.717, 1.165) is 30.0 Å². The van der Waals surface area contributed by atoms with E-state index in [0.29, 0.717) is 5.54 Å². The van der Waals surface area contributed by atoms with Crippen molar-refractivity contribution < 1.29 is 10.0 Å². The maximum absolute atomic E-state index is 11.1. The number of nitrogens with one attached hydrogen (secondary N) is 2. The van der Waals surface area contributed by atoms with Crippen LogP contribution in [0.3, 0.4) is 0 Å². The SMILES string of the molecule is Cn1cc(CNC23CC4CC(CC(C4)C2)C3)cc1/C=C/C(=O)NO. The van der Waals surface area contributed by atoms with Crippen molar-refractivity contribution in [1.82, 2.24) is 15.4 Å². The molecule has 0 radical (unpaired) electrons. The summed E-state index contributed by atoms with van der Waals surface area (Å²) in [5, 5.41) is 12.5. The fourth-order valence-electron chi connectivity index (χ4n) is 5.73. The first-order chi connectivity index (χ1) is 11.5. The van der Waals surface area contributed by atoms with Gasteiger partial charge in [-0.1, -0.05) is 0 Å². The molecule has 130 valence electrons. The maximum Gasteiger partial charge on any atom is 0.267 e. The highest BCUT2D eigenvalue weighted by molar-refractivity contribution is 5.90. The Morgan fingerprint density at radius 1 is 1.29 bits per heavy atom. The van der Waals surface area contributed by atoms with Crippen LogP contribution in [0, 0.1) is 17.8 Å². The molecule has 0 aliphatic heterocycles. The molecule has 4 fully saturated rings. The van der Waals surface area contributed by atoms with E-state index in [1.165, 1.54) is 50.2 Å². The molecule has 4 bridgehead atoms. The molecular formula is C19H27N3O2. The molecule has 5 rings (SSSR count). The predicted molar refractivity (Wildman–Crippen MR) is 92.1 cm³/mol. The van der Waals surface area contributed by atoms with E-state index in [4.69, 9.17) is 5.21 Å². The van der Waals surface area contributed by atoms with Crippen LogP contribution in [0.5, 0.6) is 0 Å². The molecule has 0 aromatic carbocycles. The monoisotopic (exact) mass is 329 g/mol. The van der Waals surface area contributed by atoms with Gasteiger partial charge in [0.2, 0.25) is 0 Å². The Morgan fingerprint density at radius 3 is 2.50 bits per heavy atom. The number of rotatable bonds is 5. The Kier molecular flexibility index (Phi) is 4.01. The van der Waals surface area contributed by atoms with E-state index < -0.39 is 5.91 Å². The van der Waals surface area contributed by atoms with Crippen molar-refractivity contribution in [1.29, 1.82) is 0 Å². The van der Waals surface area contributed by atoms with Crippen LogP contribution in [-0.4, -0.2) is 21.2 Å². The Labute approximate surface area is 143 Å². The molecule has 4 aliphatic carbocycles. The number of amides is 1. The quantitative estimate of drug-likeness (QED) is 0.442. The molecule has 5 heteroatoms. The van der Waals surface area contributed by atoms with Crippen molar-refractivity contribution in [2.75, 3.05) is 0 Å². The lowest BCUT2D eigenvalue weighted by Gasteiger charge is -2.57. The van der Waals surface area contributed by atoms with Crippen LogP contribution in [0.1, 0.15) is 49.8 Å². The number of carbonyl (C=O) groups excluding carboxylic acids is 1. The van der Waals surface area contributed by atoms with Crippen LogP contribution < -0.4 is 10.8 Å². The highest BCUT2D eigenvalue weighted by Gasteiger charge is 2.50. The molecule has 0 saturated heterocycles. The van der Waals surface area contributed by atoms with Gasteiger partial charge in [0.05, 0.1) is 0 Å². The van der Waals surface area contributed by atoms with Gasteiger partial charge in [0.1, 0.15) is 0 Å². The molecule has 5 nitrogen and oxygen atoms in total. The largest absolute Gasteiger partial charge is 0.351 e. The third kappa shape index (κ3) is 3.03. The number of carbonyl (C=O) groups is 1. The first-order valence-electron chi connectivity index (χ1n) is 9.08. The minimum absolute atomic E-state index is 0.372. The summed E-state index contributed by atoms with van der Waals surface area (Å²) in [6, 6.07) is 2.11. The van der Waals surface area contributed by atoms with Crippen LogP contribution in [-0.2, 0) is 18.4 Å². The standard InChI is InChI=1S/C19H27N3O2/c1-22-12-16(7-17(22)2-3-18(23)21-24)11-20-19-8-13-4-14(9-19)6-15(5-13)10-19/h2-3,7,12-15,20,24H,4-6,8-11H2,1H3,(H,21,23)/b3-2+. The maximum atomic E-state index is 11.1. The number of hydroxylamine groups is 1. The third-order valence-electron chi connectivity index (χ3n) is 6.32. The molecule has 4 aliphatic rings. The lowest BCUT2D eigenvalue weighted by Crippen LogP contribution is -2.58. The number of nitrogens with zero attached hydrogens (tertiary/aromatic N) is 1. The number of hydrogen-bond donors (Lipinski definition) is 3. The fraction of sp³-hybridized carbons (Fsp3) is 0.632. The van der Waals surface area contributed by atoms with Crippen LogP contribution in [0.4, 0.5) is 0 Å². The van der Waals surface area contributed by atoms with Crippen molar-refractivity contribution in [3.05, 3.63) is 29.6 Å². The van der Waals surface area contributed by atoms with Crippen molar-refractivity contribution in [3.8, 4) is 0 Å². The molecule has 1 amide bonds. The minimum Gasteiger partial charge on any atom is -0.351 e. The number of aromatic nitrogens is 1. The van der Waals surface area contributed by atoms with Gasteiger partial charge in [-0.15, -0.1) is 0 Å². The second-order valence-electron chi connectivity index (χ2n) is 8.24. The Balaban J connectivity index is 1.41. The summed E-state index contributed by atoms with van der Waals surface area (Å²) in [6.07, 6.45) is 13.6. The first-order valence-corrected chi connectivity index (χ1v) is 9.08. The van der Waals surface area contributed by atoms with E-state index in [2.05, 4.69) is 17.6 Å². The second-order valence-corrected chi connectivity index (χ2v) is 8.24. The predicted octanol–water partition coefficient (Wildman–Crippen LogP) is 2.60. The molecule has 0 unspecified atom stereocenters. The summed E-state index contributed by atoms with van der Waals surface area (Å²) in [6.45, 7) is 0.889. The molecule has 1 heterocycles. The van der Waals surface area contributed by atoms with Crippen molar-refractivity contribution in [2.45, 2.75) is 50.6 Å². The summed E-state index contributed by atoms with van der Waals surface area (Å²) in [4.78, 5) is 11.1. The average Bonchev–Trinajstić information content (AvgIpc) is 2.89. The van der Waals surface area contributed by atoms with E-state index in [-0.39, 0.29) is 0 Å². The van der Waals surface area contributed by atoms with Gasteiger partial charge in [-0.25, -0.2) is 5.48 Å². The van der Waals surface area contributed by atoms with Gasteiger partial charge in [0.15, 0.2) is 0 Å². The molecule has 1 aromatic rings. The zero-order chi connectivity index (χ0) is 16.7. The van der Waals surface area contributed by atoms with Crippen molar-refractivity contribution >= 4 is 12.0 Å². The smallest absolute Gasteiger partial charge is 0.267 e. The molecule has 3 N–H and O–H groups in total. The lowest BCUT2D eigenvalue weighted by molar-refractivity contribution is -0.124. The zero-order valence-electron chi connectivity index (χ0n) is 14.3. The summed E-state index contributed by atoms with van der Waals surface area (Å²) in [5.41, 5.74) is 4.19. The molecule has 0 atom stereocenters. The normalized spacial score (nSPS) is 34.2. The van der Waals surface area contributed by atoms with Crippen LogP contribution in [0.25, 0.3) is 6.08 Å². The van der Waals surface area contributed by atoms with Gasteiger partial charge >= 0.3 is 0 Å². The second kappa shape index (κ2) is 6.05. The van der Waals surface area contributed by atoms with Gasteiger partial charge in [-0.05, 0) is 74.0 Å². The van der Waals surface area contributed by atoms with Gasteiger partial charge in [-0.2, -0.15) is 0 Å². The van der Waals surface area contributed by atoms with Crippen molar-refractivity contribution in [3.63, 3.8) is 0 Å². The third-order valence-corrected chi connectivity index (χ3v) is 6.32. The van der Waals surface area contributed by atoms with Gasteiger partial charge in [-0.3, -0.25) is 10.0 Å². The van der Waals surface area contributed by atoms with Crippen molar-refractivity contribution in [2.24, 2.45) is 24.8 Å². The van der Waals surface area contributed by atoms with E-state index in [1.54, 1.807) is 11.6 Å². The van der Waals surface area contributed by atoms with Gasteiger partial charge < -0.3 is 9.88 Å². The van der Waals surface area contributed by atoms with Gasteiger partial charge in [0.25, 0.3) is 5.91 Å². The highest BCUT2D eigenvalue weighted by Crippen LogP contribution is 2.55. The van der Waals surface area contributed by atoms with E-state index in [1.807, 2.05) is 11.6 Å².